The topological polar surface area (TPSA) is 107 Å². The minimum Gasteiger partial charge on any atom is -0.469 e. The average molecular weight is 605 g/mol. The molecule has 2 saturated carbocycles. The molecule has 6 atom stereocenters. The largest absolute Gasteiger partial charge is 0.469 e. The van der Waals surface area contributed by atoms with Crippen LogP contribution in [0.25, 0.3) is 0 Å². The molecule has 0 radical (unpaired) electrons. The average Bonchev–Trinajstić information content (AvgIpc) is 3.50. The normalized spacial score (nSPS) is 31.5. The molecule has 0 amide bonds. The molecule has 0 N–H and O–H groups in total. The van der Waals surface area contributed by atoms with Crippen molar-refractivity contribution >= 4 is 17.7 Å². The summed E-state index contributed by atoms with van der Waals surface area (Å²) in [4.78, 5) is 38.3. The summed E-state index contributed by atoms with van der Waals surface area (Å²) in [7, 11) is 1.29. The lowest BCUT2D eigenvalue weighted by Crippen LogP contribution is -2.34. The zero-order valence-electron chi connectivity index (χ0n) is 26.4. The molecular formula is C34H52O9. The fraction of sp³-hybridized carbons (Fsp3) is 0.794. The number of ether oxygens (including phenoxy) is 6. The van der Waals surface area contributed by atoms with Crippen molar-refractivity contribution in [3.63, 3.8) is 0 Å². The Hall–Kier alpha value is -2.23. The zero-order chi connectivity index (χ0) is 30.7. The highest BCUT2D eigenvalue weighted by Crippen LogP contribution is 2.60. The summed E-state index contributed by atoms with van der Waals surface area (Å²) in [6.45, 7) is 5.58. The van der Waals surface area contributed by atoms with Crippen molar-refractivity contribution in [3.8, 4) is 0 Å². The first-order valence-electron chi connectivity index (χ1n) is 16.6. The first-order chi connectivity index (χ1) is 20.9. The number of rotatable bonds is 15. The number of ketones is 1. The smallest absolute Gasteiger partial charge is 0.330 e. The van der Waals surface area contributed by atoms with E-state index in [-0.39, 0.29) is 49.3 Å². The highest BCUT2D eigenvalue weighted by molar-refractivity contribution is 5.92. The van der Waals surface area contributed by atoms with Crippen LogP contribution in [-0.2, 0) is 42.8 Å². The molecule has 4 aliphatic rings. The van der Waals surface area contributed by atoms with Crippen LogP contribution < -0.4 is 0 Å². The third kappa shape index (κ3) is 8.92. The number of esters is 2. The third-order valence-electron chi connectivity index (χ3n) is 9.57. The number of unbranched alkanes of at least 4 members (excludes halogenated alkanes) is 4. The van der Waals surface area contributed by atoms with Gasteiger partial charge in [0.15, 0.2) is 12.6 Å². The molecular weight excluding hydrogens is 552 g/mol. The fourth-order valence-electron chi connectivity index (χ4n) is 7.34. The van der Waals surface area contributed by atoms with E-state index >= 15 is 0 Å². The lowest BCUT2D eigenvalue weighted by atomic mass is 9.76. The number of hydrogen-bond acceptors (Lipinski definition) is 9. The zero-order valence-corrected chi connectivity index (χ0v) is 26.4. The van der Waals surface area contributed by atoms with Gasteiger partial charge >= 0.3 is 11.9 Å². The van der Waals surface area contributed by atoms with Gasteiger partial charge in [-0.25, -0.2) is 4.79 Å². The van der Waals surface area contributed by atoms with E-state index in [2.05, 4.69) is 18.6 Å². The van der Waals surface area contributed by atoms with Gasteiger partial charge < -0.3 is 28.4 Å². The number of Topliss-reactive ketones (excluding diaryl/α,β-unsaturated/α-hetero) is 1. The predicted molar refractivity (Wildman–Crippen MR) is 160 cm³/mol. The van der Waals surface area contributed by atoms with Gasteiger partial charge in [-0.1, -0.05) is 32.6 Å². The minimum absolute atomic E-state index is 0.0647. The number of allylic oxidation sites excluding steroid dienone is 1. The maximum atomic E-state index is 13.8. The molecule has 0 aromatic rings. The van der Waals surface area contributed by atoms with E-state index in [1.165, 1.54) is 38.5 Å². The molecule has 242 valence electrons. The van der Waals surface area contributed by atoms with Crippen molar-refractivity contribution in [3.05, 3.63) is 23.5 Å². The van der Waals surface area contributed by atoms with Crippen LogP contribution >= 0.6 is 0 Å². The second kappa shape index (κ2) is 16.7. The Morgan fingerprint density at radius 1 is 1.00 bits per heavy atom. The van der Waals surface area contributed by atoms with Crippen molar-refractivity contribution in [2.45, 2.75) is 129 Å². The highest BCUT2D eigenvalue weighted by atomic mass is 16.7. The van der Waals surface area contributed by atoms with Gasteiger partial charge in [-0.2, -0.15) is 0 Å². The maximum Gasteiger partial charge on any atom is 0.330 e. The van der Waals surface area contributed by atoms with Crippen LogP contribution in [0.5, 0.6) is 0 Å². The summed E-state index contributed by atoms with van der Waals surface area (Å²) < 4.78 is 35.5. The molecule has 4 fully saturated rings. The summed E-state index contributed by atoms with van der Waals surface area (Å²) >= 11 is 0. The monoisotopic (exact) mass is 604 g/mol. The SMILES string of the molecule is CCCCCCCC(OC1CCCCO1)=C(C)C1C(OC2CCCCO2)C[C@@]2(C(=O)OCC=CC(=O)OC)CC(=O)C[C@@H]12. The Labute approximate surface area is 257 Å². The van der Waals surface area contributed by atoms with E-state index < -0.39 is 17.4 Å². The first-order valence-corrected chi connectivity index (χ1v) is 16.6. The second-order valence-electron chi connectivity index (χ2n) is 12.6. The standard InChI is InChI=1S/C34H52O9/c1-4-5-6-7-8-14-27(42-30-16-9-11-18-39-30)24(2)32-26-21-25(35)22-34(26,33(37)41-20-13-15-29(36)38-3)23-28(32)43-31-17-10-12-19-40-31/h13,15,26,28,30-32H,4-12,14,16-23H2,1-3H3/t26-,28?,30?,31?,32?,34-/m0/s1. The van der Waals surface area contributed by atoms with Crippen molar-refractivity contribution in [2.24, 2.45) is 17.3 Å². The number of carbonyl (C=O) groups excluding carboxylic acids is 3. The van der Waals surface area contributed by atoms with Crippen molar-refractivity contribution < 1.29 is 42.8 Å². The van der Waals surface area contributed by atoms with E-state index in [0.29, 0.717) is 26.1 Å². The van der Waals surface area contributed by atoms with E-state index in [1.807, 2.05) is 0 Å². The molecule has 0 bridgehead atoms. The van der Waals surface area contributed by atoms with E-state index in [0.717, 1.165) is 69.1 Å². The molecule has 2 aliphatic heterocycles. The third-order valence-corrected chi connectivity index (χ3v) is 9.57. The highest BCUT2D eigenvalue weighted by Gasteiger charge is 2.64. The molecule has 2 aliphatic carbocycles. The molecule has 4 unspecified atom stereocenters. The second-order valence-corrected chi connectivity index (χ2v) is 12.6. The summed E-state index contributed by atoms with van der Waals surface area (Å²) in [5.41, 5.74) is 0.0557. The molecule has 9 nitrogen and oxygen atoms in total. The van der Waals surface area contributed by atoms with Crippen LogP contribution in [0.3, 0.4) is 0 Å². The Balaban J connectivity index is 1.62. The van der Waals surface area contributed by atoms with Crippen molar-refractivity contribution in [1.29, 1.82) is 0 Å². The molecule has 2 heterocycles. The number of methoxy groups -OCH3 is 1. The summed E-state index contributed by atoms with van der Waals surface area (Å²) in [6, 6.07) is 0. The Morgan fingerprint density at radius 2 is 1.72 bits per heavy atom. The van der Waals surface area contributed by atoms with Crippen LogP contribution in [0.2, 0.25) is 0 Å². The lowest BCUT2D eigenvalue weighted by molar-refractivity contribution is -0.195. The number of hydrogen-bond donors (Lipinski definition) is 0. The molecule has 0 aromatic heterocycles. The van der Waals surface area contributed by atoms with Gasteiger partial charge in [0.05, 0.1) is 31.0 Å². The molecule has 43 heavy (non-hydrogen) atoms. The van der Waals surface area contributed by atoms with Gasteiger partial charge in [0.25, 0.3) is 0 Å². The minimum atomic E-state index is -0.991. The van der Waals surface area contributed by atoms with Gasteiger partial charge in [-0.05, 0) is 69.4 Å². The Morgan fingerprint density at radius 3 is 2.40 bits per heavy atom. The number of fused-ring (bicyclic) bond motifs is 1. The first kappa shape index (κ1) is 33.7. The summed E-state index contributed by atoms with van der Waals surface area (Å²) in [6.07, 6.45) is 14.9. The van der Waals surface area contributed by atoms with E-state index in [4.69, 9.17) is 23.7 Å². The van der Waals surface area contributed by atoms with Crippen LogP contribution in [0.4, 0.5) is 0 Å². The molecule has 0 aromatic carbocycles. The molecule has 9 heteroatoms. The van der Waals surface area contributed by atoms with Gasteiger partial charge in [0, 0.05) is 44.3 Å². The van der Waals surface area contributed by atoms with E-state index in [9.17, 15) is 14.4 Å². The quantitative estimate of drug-likeness (QED) is 0.0917. The molecule has 2 saturated heterocycles. The van der Waals surface area contributed by atoms with Gasteiger partial charge in [-0.3, -0.25) is 9.59 Å². The summed E-state index contributed by atoms with van der Waals surface area (Å²) in [5.74, 6) is -0.411. The van der Waals surface area contributed by atoms with Gasteiger partial charge in [0.1, 0.15) is 12.4 Å². The van der Waals surface area contributed by atoms with Crippen molar-refractivity contribution in [2.75, 3.05) is 26.9 Å². The predicted octanol–water partition coefficient (Wildman–Crippen LogP) is 6.33. The molecule has 0 spiro atoms. The van der Waals surface area contributed by atoms with Gasteiger partial charge in [0.2, 0.25) is 0 Å². The maximum absolute atomic E-state index is 13.8. The van der Waals surface area contributed by atoms with E-state index in [1.54, 1.807) is 0 Å². The Bertz CT molecular complexity index is 992. The Kier molecular flexibility index (Phi) is 13.1. The molecule has 4 rings (SSSR count). The van der Waals surface area contributed by atoms with Crippen LogP contribution in [-0.4, -0.2) is 63.3 Å². The lowest BCUT2D eigenvalue weighted by Gasteiger charge is -2.33. The van der Waals surface area contributed by atoms with Gasteiger partial charge in [-0.15, -0.1) is 0 Å². The van der Waals surface area contributed by atoms with Crippen LogP contribution in [0.1, 0.15) is 110 Å². The fourth-order valence-corrected chi connectivity index (χ4v) is 7.34. The van der Waals surface area contributed by atoms with Crippen molar-refractivity contribution in [1.82, 2.24) is 0 Å². The number of carbonyl (C=O) groups is 3. The van der Waals surface area contributed by atoms with Crippen LogP contribution in [0, 0.1) is 17.3 Å². The summed E-state index contributed by atoms with van der Waals surface area (Å²) in [5, 5.41) is 0. The van der Waals surface area contributed by atoms with Crippen LogP contribution in [0.15, 0.2) is 23.5 Å².